The van der Waals surface area contributed by atoms with E-state index in [0.717, 1.165) is 18.1 Å². The number of rotatable bonds is 8. The molecular weight excluding hydrogens is 406 g/mol. The van der Waals surface area contributed by atoms with E-state index in [1.807, 2.05) is 13.8 Å². The minimum atomic E-state index is -2.87. The molecule has 0 radical (unpaired) electrons. The van der Waals surface area contributed by atoms with Gasteiger partial charge in [0.1, 0.15) is 6.61 Å². The molecular formula is C21H30F2N6O2. The number of hydrogen-bond acceptors (Lipinski definition) is 7. The van der Waals surface area contributed by atoms with Crippen LogP contribution in [0.1, 0.15) is 39.7 Å². The zero-order valence-electron chi connectivity index (χ0n) is 18.2. The molecule has 1 aliphatic rings. The van der Waals surface area contributed by atoms with Gasteiger partial charge in [-0.25, -0.2) is 19.6 Å². The van der Waals surface area contributed by atoms with Crippen LogP contribution >= 0.6 is 0 Å². The van der Waals surface area contributed by atoms with Gasteiger partial charge in [-0.05, 0) is 25.0 Å². The second kappa shape index (κ2) is 13.1. The number of alkyl halides is 2. The number of hydrazine groups is 1. The zero-order chi connectivity index (χ0) is 23.3. The summed E-state index contributed by atoms with van der Waals surface area (Å²) in [5.74, 6) is 8.09. The van der Waals surface area contributed by atoms with Crippen molar-refractivity contribution in [1.82, 2.24) is 10.4 Å². The number of allylic oxidation sites excluding steroid dienone is 5. The predicted molar refractivity (Wildman–Crippen MR) is 119 cm³/mol. The van der Waals surface area contributed by atoms with E-state index in [4.69, 9.17) is 21.3 Å². The lowest BCUT2D eigenvalue weighted by atomic mass is 10.1. The number of hydrogen-bond donors (Lipinski definition) is 3. The number of pyridine rings is 1. The van der Waals surface area contributed by atoms with Crippen LogP contribution in [0.3, 0.4) is 0 Å². The first-order valence-corrected chi connectivity index (χ1v) is 9.77. The van der Waals surface area contributed by atoms with Crippen molar-refractivity contribution in [2.24, 2.45) is 21.9 Å². The molecule has 1 aromatic rings. The lowest BCUT2D eigenvalue weighted by Crippen LogP contribution is -2.35. The highest BCUT2D eigenvalue weighted by Crippen LogP contribution is 2.26. The van der Waals surface area contributed by atoms with Gasteiger partial charge in [-0.2, -0.15) is 5.10 Å². The summed E-state index contributed by atoms with van der Waals surface area (Å²) >= 11 is 0. The van der Waals surface area contributed by atoms with Crippen LogP contribution < -0.4 is 21.8 Å². The molecule has 0 saturated heterocycles. The summed E-state index contributed by atoms with van der Waals surface area (Å²) in [6.07, 6.45) is 8.26. The second-order valence-corrected chi connectivity index (χ2v) is 6.29. The molecule has 31 heavy (non-hydrogen) atoms. The van der Waals surface area contributed by atoms with Crippen LogP contribution in [0.4, 0.5) is 8.78 Å². The van der Waals surface area contributed by atoms with Crippen LogP contribution in [0, 0.1) is 0 Å². The first-order valence-electron chi connectivity index (χ1n) is 9.77. The molecule has 5 N–H and O–H groups in total. The van der Waals surface area contributed by atoms with Crippen molar-refractivity contribution in [3.05, 3.63) is 59.3 Å². The smallest absolute Gasteiger partial charge is 0.270 e. The highest BCUT2D eigenvalue weighted by Gasteiger charge is 2.25. The van der Waals surface area contributed by atoms with E-state index in [1.165, 1.54) is 12.2 Å². The Labute approximate surface area is 181 Å². The summed E-state index contributed by atoms with van der Waals surface area (Å²) in [6, 6.07) is 3.43. The van der Waals surface area contributed by atoms with E-state index >= 15 is 0 Å². The first-order chi connectivity index (χ1) is 14.8. The Bertz CT molecular complexity index is 840. The van der Waals surface area contributed by atoms with Crippen LogP contribution in [0.2, 0.25) is 0 Å². The number of nitrogens with one attached hydrogen (secondary N) is 1. The lowest BCUT2D eigenvalue weighted by molar-refractivity contribution is 0.0675. The van der Waals surface area contributed by atoms with Crippen molar-refractivity contribution < 1.29 is 18.4 Å². The van der Waals surface area contributed by atoms with E-state index in [0.29, 0.717) is 18.0 Å². The third-order valence-electron chi connectivity index (χ3n) is 3.97. The fourth-order valence-corrected chi connectivity index (χ4v) is 2.27. The minimum absolute atomic E-state index is 0.0346. The Morgan fingerprint density at radius 1 is 1.29 bits per heavy atom. The average molecular weight is 437 g/mol. The third-order valence-corrected chi connectivity index (χ3v) is 3.97. The molecule has 1 heterocycles. The molecule has 1 aromatic heterocycles. The zero-order valence-corrected chi connectivity index (χ0v) is 18.2. The molecule has 0 atom stereocenters. The summed E-state index contributed by atoms with van der Waals surface area (Å²) in [6.45, 7) is 6.89. The number of ether oxygens (including phenoxy) is 1. The van der Waals surface area contributed by atoms with Crippen molar-refractivity contribution in [3.63, 3.8) is 0 Å². The topological polar surface area (TPSA) is 120 Å². The molecule has 10 heteroatoms. The van der Waals surface area contributed by atoms with E-state index in [2.05, 4.69) is 20.7 Å². The summed E-state index contributed by atoms with van der Waals surface area (Å²) in [7, 11) is 0. The highest BCUT2D eigenvalue weighted by molar-refractivity contribution is 5.98. The standard InChI is InChI=1S/C19H24F2N6O2.C2H6/c1-13(15-7-9-18(24-10-15)28-12-17(25-22)26-23)27-29-11-14-4-3-5-16(8-6-14)19(2,20)21;1-2/h3,5-10H,4,11-12,22-23H2,1-2H3,(H,25,26);1-2H3/b27-13+;. The van der Waals surface area contributed by atoms with Crippen LogP contribution in [-0.2, 0) is 4.84 Å². The van der Waals surface area contributed by atoms with Crippen LogP contribution in [0.25, 0.3) is 0 Å². The fourth-order valence-electron chi connectivity index (χ4n) is 2.27. The molecule has 8 nitrogen and oxygen atoms in total. The Morgan fingerprint density at radius 3 is 2.61 bits per heavy atom. The van der Waals surface area contributed by atoms with Crippen molar-refractivity contribution in [2.45, 2.75) is 40.0 Å². The molecule has 0 aromatic carbocycles. The van der Waals surface area contributed by atoms with Gasteiger partial charge in [0.2, 0.25) is 5.88 Å². The van der Waals surface area contributed by atoms with E-state index in [-0.39, 0.29) is 24.6 Å². The maximum Gasteiger partial charge on any atom is 0.270 e. The summed E-state index contributed by atoms with van der Waals surface area (Å²) in [5, 5.41) is 7.46. The van der Waals surface area contributed by atoms with Gasteiger partial charge >= 0.3 is 0 Å². The quantitative estimate of drug-likeness (QED) is 0.249. The molecule has 0 spiro atoms. The number of oxime groups is 1. The minimum Gasteiger partial charge on any atom is -0.469 e. The predicted octanol–water partition coefficient (Wildman–Crippen LogP) is 3.43. The Kier molecular flexibility index (Phi) is 10.9. The number of amidine groups is 1. The molecule has 0 aliphatic heterocycles. The lowest BCUT2D eigenvalue weighted by Gasteiger charge is -2.09. The second-order valence-electron chi connectivity index (χ2n) is 6.29. The maximum atomic E-state index is 13.4. The third kappa shape index (κ3) is 8.95. The number of nitrogens with two attached hydrogens (primary N) is 2. The summed E-state index contributed by atoms with van der Waals surface area (Å²) in [5.41, 5.74) is 4.46. The van der Waals surface area contributed by atoms with Crippen molar-refractivity contribution in [2.75, 3.05) is 13.2 Å². The van der Waals surface area contributed by atoms with Gasteiger partial charge in [0.15, 0.2) is 12.4 Å². The number of aromatic nitrogens is 1. The van der Waals surface area contributed by atoms with Crippen LogP contribution in [0.15, 0.2) is 64.0 Å². The van der Waals surface area contributed by atoms with E-state index < -0.39 is 5.92 Å². The molecule has 0 unspecified atom stereocenters. The van der Waals surface area contributed by atoms with E-state index in [9.17, 15) is 8.78 Å². The molecule has 0 bridgehead atoms. The van der Waals surface area contributed by atoms with Crippen LogP contribution in [-0.4, -0.2) is 35.7 Å². The molecule has 170 valence electrons. The Morgan fingerprint density at radius 2 is 2.03 bits per heavy atom. The van der Waals surface area contributed by atoms with Crippen molar-refractivity contribution in [3.8, 4) is 5.88 Å². The molecule has 0 saturated carbocycles. The summed E-state index contributed by atoms with van der Waals surface area (Å²) in [4.78, 5) is 9.52. The number of nitrogens with zero attached hydrogens (tertiary/aromatic N) is 3. The molecule has 0 amide bonds. The monoisotopic (exact) mass is 436 g/mol. The largest absolute Gasteiger partial charge is 0.469 e. The highest BCUT2D eigenvalue weighted by atomic mass is 19.3. The molecule has 1 aliphatic carbocycles. The van der Waals surface area contributed by atoms with Gasteiger partial charge < -0.3 is 20.8 Å². The normalized spacial score (nSPS) is 14.5. The Hall–Kier alpha value is -3.27. The van der Waals surface area contributed by atoms with Gasteiger partial charge in [0, 0.05) is 30.3 Å². The summed E-state index contributed by atoms with van der Waals surface area (Å²) < 4.78 is 32.1. The molecule has 2 rings (SSSR count). The SMILES string of the molecule is C/C(=N\OCC1=CC=C(C(C)(F)F)C=CC1)c1ccc(OC/C(=N/N)NN)nc1.CC. The van der Waals surface area contributed by atoms with Gasteiger partial charge in [0.05, 0.1) is 5.71 Å². The van der Waals surface area contributed by atoms with Crippen molar-refractivity contribution in [1.29, 1.82) is 0 Å². The fraction of sp³-hybridized carbons (Fsp3) is 0.381. The van der Waals surface area contributed by atoms with Gasteiger partial charge in [-0.15, -0.1) is 0 Å². The van der Waals surface area contributed by atoms with Crippen LogP contribution in [0.5, 0.6) is 5.88 Å². The number of hydrazone groups is 1. The van der Waals surface area contributed by atoms with Crippen molar-refractivity contribution >= 4 is 11.5 Å². The van der Waals surface area contributed by atoms with Gasteiger partial charge in [-0.1, -0.05) is 43.3 Å². The van der Waals surface area contributed by atoms with Gasteiger partial charge in [0.25, 0.3) is 5.92 Å². The Balaban J connectivity index is 0.00000233. The molecule has 0 fully saturated rings. The van der Waals surface area contributed by atoms with E-state index in [1.54, 1.807) is 37.4 Å². The average Bonchev–Trinajstić information content (AvgIpc) is 3.02. The number of halogens is 2. The maximum absolute atomic E-state index is 13.4. The van der Waals surface area contributed by atoms with Gasteiger partial charge in [-0.3, -0.25) is 0 Å². The first kappa shape index (κ1) is 25.8.